The van der Waals surface area contributed by atoms with Gasteiger partial charge in [-0.3, -0.25) is 4.98 Å². The van der Waals surface area contributed by atoms with E-state index < -0.39 is 5.82 Å². The van der Waals surface area contributed by atoms with Crippen LogP contribution < -0.4 is 4.90 Å². The van der Waals surface area contributed by atoms with Crippen LogP contribution in [0.4, 0.5) is 10.2 Å². The van der Waals surface area contributed by atoms with Crippen molar-refractivity contribution in [2.45, 2.75) is 33.4 Å². The summed E-state index contributed by atoms with van der Waals surface area (Å²) in [5, 5.41) is 15.6. The monoisotopic (exact) mass is 513 g/mol. The molecule has 10 heteroatoms. The first-order valence-electron chi connectivity index (χ1n) is 12.5. The van der Waals surface area contributed by atoms with Gasteiger partial charge < -0.3 is 19.7 Å². The summed E-state index contributed by atoms with van der Waals surface area (Å²) in [6, 6.07) is 9.39. The average Bonchev–Trinajstić information content (AvgIpc) is 3.51. The molecule has 0 bridgehead atoms. The first kappa shape index (κ1) is 24.2. The summed E-state index contributed by atoms with van der Waals surface area (Å²) in [6.07, 6.45) is 4.63. The second kappa shape index (κ2) is 9.62. The van der Waals surface area contributed by atoms with Crippen molar-refractivity contribution in [3.63, 3.8) is 0 Å². The number of aromatic amines is 1. The fraction of sp³-hybridized carbons (Fsp3) is 0.286. The van der Waals surface area contributed by atoms with Crippen LogP contribution in [0.2, 0.25) is 0 Å². The number of halogens is 1. The molecule has 9 nitrogen and oxygen atoms in total. The van der Waals surface area contributed by atoms with Crippen LogP contribution in [0.25, 0.3) is 39.2 Å². The highest BCUT2D eigenvalue weighted by Crippen LogP contribution is 2.35. The SMILES string of the molecule is Cc1nn(-c2cncc(F)c2)c(C)c1-c1cc(N2CCOC[C@H]2C)nc(-c2cc(CO)cc3[nH]ccc23)n1. The highest BCUT2D eigenvalue weighted by molar-refractivity contribution is 5.94. The quantitative estimate of drug-likeness (QED) is 0.360. The van der Waals surface area contributed by atoms with Crippen LogP contribution in [0.5, 0.6) is 0 Å². The summed E-state index contributed by atoms with van der Waals surface area (Å²) in [6.45, 7) is 7.81. The van der Waals surface area contributed by atoms with Crippen LogP contribution in [-0.2, 0) is 11.3 Å². The number of benzene rings is 1. The molecule has 0 aliphatic carbocycles. The largest absolute Gasteiger partial charge is 0.392 e. The first-order chi connectivity index (χ1) is 18.4. The molecule has 0 unspecified atom stereocenters. The Balaban J connectivity index is 1.57. The van der Waals surface area contributed by atoms with Gasteiger partial charge in [-0.25, -0.2) is 19.0 Å². The van der Waals surface area contributed by atoms with Gasteiger partial charge in [0.15, 0.2) is 5.82 Å². The zero-order valence-electron chi connectivity index (χ0n) is 21.4. The topological polar surface area (TPSA) is 105 Å². The van der Waals surface area contributed by atoms with Crippen molar-refractivity contribution in [3.05, 3.63) is 71.7 Å². The first-order valence-corrected chi connectivity index (χ1v) is 12.5. The van der Waals surface area contributed by atoms with Crippen LogP contribution in [0.15, 0.2) is 48.9 Å². The van der Waals surface area contributed by atoms with Gasteiger partial charge >= 0.3 is 0 Å². The van der Waals surface area contributed by atoms with E-state index in [1.54, 1.807) is 10.9 Å². The van der Waals surface area contributed by atoms with Gasteiger partial charge in [0.25, 0.3) is 0 Å². The van der Waals surface area contributed by atoms with Crippen LogP contribution in [0.1, 0.15) is 23.9 Å². The summed E-state index contributed by atoms with van der Waals surface area (Å²) in [4.78, 5) is 19.5. The van der Waals surface area contributed by atoms with E-state index in [-0.39, 0.29) is 12.6 Å². The summed E-state index contributed by atoms with van der Waals surface area (Å²) in [7, 11) is 0. The highest BCUT2D eigenvalue weighted by atomic mass is 19.1. The summed E-state index contributed by atoms with van der Waals surface area (Å²) < 4.78 is 21.3. The van der Waals surface area contributed by atoms with Crippen molar-refractivity contribution in [1.82, 2.24) is 29.7 Å². The predicted molar refractivity (Wildman–Crippen MR) is 143 cm³/mol. The molecule has 5 aromatic rings. The number of fused-ring (bicyclic) bond motifs is 1. The van der Waals surface area contributed by atoms with E-state index in [0.29, 0.717) is 37.0 Å². The predicted octanol–water partition coefficient (Wildman–Crippen LogP) is 4.35. The van der Waals surface area contributed by atoms with Gasteiger partial charge in [0, 0.05) is 46.9 Å². The second-order valence-corrected chi connectivity index (χ2v) is 9.61. The molecular weight excluding hydrogens is 485 g/mol. The van der Waals surface area contributed by atoms with E-state index >= 15 is 0 Å². The number of ether oxygens (including phenoxy) is 1. The average molecular weight is 514 g/mol. The van der Waals surface area contributed by atoms with E-state index in [0.717, 1.165) is 44.8 Å². The van der Waals surface area contributed by atoms with E-state index in [1.807, 2.05) is 44.3 Å². The second-order valence-electron chi connectivity index (χ2n) is 9.61. The maximum Gasteiger partial charge on any atom is 0.162 e. The summed E-state index contributed by atoms with van der Waals surface area (Å²) in [5.74, 6) is 0.914. The molecule has 194 valence electrons. The Hall–Kier alpha value is -4.15. The molecule has 1 aliphatic heterocycles. The Kier molecular flexibility index (Phi) is 6.13. The third kappa shape index (κ3) is 4.21. The summed E-state index contributed by atoms with van der Waals surface area (Å²) >= 11 is 0. The van der Waals surface area contributed by atoms with Crippen molar-refractivity contribution in [1.29, 1.82) is 0 Å². The van der Waals surface area contributed by atoms with Crippen LogP contribution >= 0.6 is 0 Å². The minimum atomic E-state index is -0.427. The molecule has 6 rings (SSSR count). The number of aromatic nitrogens is 6. The molecular formula is C28H28FN7O2. The standard InChI is InChI=1S/C28H28FN7O2/c1-16-15-38-7-6-35(16)26-11-25(27-17(2)34-36(18(27)3)21-10-20(29)12-30-13-21)32-28(33-26)23-8-19(14-37)9-24-22(23)4-5-31-24/h4-5,8-13,16,31,37H,6-7,14-15H2,1-3H3/t16-/m1/s1. The number of rotatable bonds is 5. The molecule has 1 fully saturated rings. The van der Waals surface area contributed by atoms with Crippen LogP contribution in [0, 0.1) is 19.7 Å². The molecule has 0 spiro atoms. The zero-order chi connectivity index (χ0) is 26.4. The maximum absolute atomic E-state index is 14.0. The third-order valence-electron chi connectivity index (χ3n) is 7.01. The number of aryl methyl sites for hydroxylation is 1. The van der Waals surface area contributed by atoms with Crippen LogP contribution in [-0.4, -0.2) is 60.6 Å². The minimum Gasteiger partial charge on any atom is -0.392 e. The van der Waals surface area contributed by atoms with Crippen molar-refractivity contribution >= 4 is 16.7 Å². The Bertz CT molecular complexity index is 1640. The zero-order valence-corrected chi connectivity index (χ0v) is 21.4. The number of nitrogens with one attached hydrogen (secondary N) is 1. The van der Waals surface area contributed by atoms with Gasteiger partial charge in [0.05, 0.1) is 61.0 Å². The molecule has 0 radical (unpaired) electrons. The third-order valence-corrected chi connectivity index (χ3v) is 7.01. The summed E-state index contributed by atoms with van der Waals surface area (Å²) in [5.41, 5.74) is 6.18. The fourth-order valence-corrected chi connectivity index (χ4v) is 5.18. The Labute approximate surface area is 219 Å². The van der Waals surface area contributed by atoms with Crippen LogP contribution in [0.3, 0.4) is 0 Å². The number of hydrogen-bond donors (Lipinski definition) is 2. The van der Waals surface area contributed by atoms with E-state index in [2.05, 4.69) is 21.8 Å². The maximum atomic E-state index is 14.0. The number of aliphatic hydroxyl groups is 1. The lowest BCUT2D eigenvalue weighted by Crippen LogP contribution is -2.44. The van der Waals surface area contributed by atoms with Gasteiger partial charge in [-0.05, 0) is 44.5 Å². The number of H-pyrrole nitrogens is 1. The van der Waals surface area contributed by atoms with Gasteiger partial charge in [-0.2, -0.15) is 5.10 Å². The number of nitrogens with zero attached hydrogens (tertiary/aromatic N) is 6. The van der Waals surface area contributed by atoms with E-state index in [1.165, 1.54) is 12.3 Å². The van der Waals surface area contributed by atoms with Crippen molar-refractivity contribution in [2.24, 2.45) is 0 Å². The number of morpholine rings is 1. The molecule has 38 heavy (non-hydrogen) atoms. The van der Waals surface area contributed by atoms with Gasteiger partial charge in [-0.15, -0.1) is 0 Å². The molecule has 5 heterocycles. The van der Waals surface area contributed by atoms with E-state index in [9.17, 15) is 9.50 Å². The molecule has 1 saturated heterocycles. The lowest BCUT2D eigenvalue weighted by molar-refractivity contribution is 0.0985. The van der Waals surface area contributed by atoms with Gasteiger partial charge in [-0.1, -0.05) is 0 Å². The number of hydrogen-bond acceptors (Lipinski definition) is 7. The molecule has 1 aliphatic rings. The van der Waals surface area contributed by atoms with Crippen molar-refractivity contribution < 1.29 is 14.2 Å². The van der Waals surface area contributed by atoms with Gasteiger partial charge in [0.2, 0.25) is 0 Å². The molecule has 0 amide bonds. The lowest BCUT2D eigenvalue weighted by atomic mass is 10.0. The molecule has 0 saturated carbocycles. The van der Waals surface area contributed by atoms with Crippen molar-refractivity contribution in [2.75, 3.05) is 24.7 Å². The number of pyridine rings is 1. The molecule has 1 aromatic carbocycles. The highest BCUT2D eigenvalue weighted by Gasteiger charge is 2.25. The smallest absolute Gasteiger partial charge is 0.162 e. The Morgan fingerprint density at radius 1 is 1.16 bits per heavy atom. The fourth-order valence-electron chi connectivity index (χ4n) is 5.18. The van der Waals surface area contributed by atoms with E-state index in [4.69, 9.17) is 19.8 Å². The Morgan fingerprint density at radius 3 is 2.82 bits per heavy atom. The molecule has 1 atom stereocenters. The lowest BCUT2D eigenvalue weighted by Gasteiger charge is -2.34. The molecule has 2 N–H and O–H groups in total. The minimum absolute atomic E-state index is 0.0956. The normalized spacial score (nSPS) is 15.9. The number of anilines is 1. The molecule has 4 aromatic heterocycles. The van der Waals surface area contributed by atoms with Crippen molar-refractivity contribution in [3.8, 4) is 28.3 Å². The number of aliphatic hydroxyl groups excluding tert-OH is 1. The van der Waals surface area contributed by atoms with Gasteiger partial charge in [0.1, 0.15) is 11.6 Å². The Morgan fingerprint density at radius 2 is 2.03 bits per heavy atom.